The molecule has 0 aromatic heterocycles. The molecule has 6 nitrogen and oxygen atoms in total. The fourth-order valence-corrected chi connectivity index (χ4v) is 4.49. The van der Waals surface area contributed by atoms with Crippen molar-refractivity contribution in [1.82, 2.24) is 0 Å². The predicted octanol–water partition coefficient (Wildman–Crippen LogP) is 4.33. The number of rotatable bonds is 3. The molecule has 1 aliphatic rings. The Morgan fingerprint density at radius 3 is 2.31 bits per heavy atom. The van der Waals surface area contributed by atoms with Gasteiger partial charge in [-0.25, -0.2) is 12.7 Å². The van der Waals surface area contributed by atoms with E-state index in [2.05, 4.69) is 5.32 Å². The maximum Gasteiger partial charge on any atom is 0.416 e. The van der Waals surface area contributed by atoms with E-state index in [4.69, 9.17) is 23.2 Å². The van der Waals surface area contributed by atoms with Crippen LogP contribution < -0.4 is 9.62 Å². The lowest BCUT2D eigenvalue weighted by atomic mass is 10.1. The highest BCUT2D eigenvalue weighted by atomic mass is 35.5. The highest BCUT2D eigenvalue weighted by molar-refractivity contribution is 7.94. The van der Waals surface area contributed by atoms with E-state index in [9.17, 15) is 31.2 Å². The van der Waals surface area contributed by atoms with Gasteiger partial charge in [0.15, 0.2) is 0 Å². The number of nitrogens with zero attached hydrogens (tertiary/aromatic N) is 1. The van der Waals surface area contributed by atoms with Crippen molar-refractivity contribution in [1.29, 1.82) is 0 Å². The van der Waals surface area contributed by atoms with Gasteiger partial charge in [0.25, 0.3) is 5.91 Å². The molecule has 0 atom stereocenters. The molecule has 0 aliphatic carbocycles. The minimum absolute atomic E-state index is 0.0987. The lowest BCUT2D eigenvalue weighted by molar-refractivity contribution is -0.137. The van der Waals surface area contributed by atoms with Crippen LogP contribution in [0.4, 0.5) is 24.5 Å². The Morgan fingerprint density at radius 1 is 1.07 bits per heavy atom. The highest BCUT2D eigenvalue weighted by Gasteiger charge is 2.37. The molecule has 0 radical (unpaired) electrons. The maximum absolute atomic E-state index is 12.9. The van der Waals surface area contributed by atoms with Gasteiger partial charge >= 0.3 is 6.18 Å². The second-order valence-corrected chi connectivity index (χ2v) is 8.79. The van der Waals surface area contributed by atoms with E-state index >= 15 is 0 Å². The smallest absolute Gasteiger partial charge is 0.321 e. The Kier molecular flexibility index (Phi) is 5.54. The van der Waals surface area contributed by atoms with Crippen molar-refractivity contribution in [3.8, 4) is 0 Å². The van der Waals surface area contributed by atoms with Crippen molar-refractivity contribution >= 4 is 56.4 Å². The molecule has 1 saturated heterocycles. The van der Waals surface area contributed by atoms with Crippen LogP contribution in [0.2, 0.25) is 10.0 Å². The summed E-state index contributed by atoms with van der Waals surface area (Å²) in [5.74, 6) is -1.96. The topological polar surface area (TPSA) is 83.6 Å². The summed E-state index contributed by atoms with van der Waals surface area (Å²) >= 11 is 11.9. The third-order valence-corrected chi connectivity index (χ3v) is 6.40. The molecule has 1 aliphatic heterocycles. The molecule has 2 amide bonds. The van der Waals surface area contributed by atoms with Crippen LogP contribution in [0.5, 0.6) is 0 Å². The number of carbonyl (C=O) groups excluding carboxylic acids is 2. The molecule has 1 heterocycles. The molecule has 154 valence electrons. The fraction of sp³-hybridized carbons (Fsp3) is 0.176. The number of anilines is 2. The first kappa shape index (κ1) is 21.4. The monoisotopic (exact) mass is 466 g/mol. The highest BCUT2D eigenvalue weighted by Crippen LogP contribution is 2.35. The normalized spacial score (nSPS) is 16.2. The first-order valence-electron chi connectivity index (χ1n) is 7.93. The standard InChI is InChI=1S/C17H11Cl2F3N2O4S/c18-12-4-2-10(24-15(25)5-6-29(24,27)28)8-11(12)16(26)23-14-7-9(17(20,21)22)1-3-13(14)19/h1-4,7-8H,5-6H2,(H,23,26). The van der Waals surface area contributed by atoms with E-state index in [1.54, 1.807) is 0 Å². The number of hydrogen-bond donors (Lipinski definition) is 1. The molecule has 1 fully saturated rings. The summed E-state index contributed by atoms with van der Waals surface area (Å²) < 4.78 is 63.3. The molecule has 0 saturated carbocycles. The van der Waals surface area contributed by atoms with Crippen molar-refractivity contribution in [2.24, 2.45) is 0 Å². The van der Waals surface area contributed by atoms with E-state index in [1.807, 2.05) is 0 Å². The third kappa shape index (κ3) is 4.34. The number of benzene rings is 2. The summed E-state index contributed by atoms with van der Waals surface area (Å²) in [5.41, 5.74) is -1.67. The summed E-state index contributed by atoms with van der Waals surface area (Å²) in [6.45, 7) is 0. The van der Waals surface area contributed by atoms with Gasteiger partial charge in [0.1, 0.15) is 0 Å². The lowest BCUT2D eigenvalue weighted by Gasteiger charge is -2.17. The SMILES string of the molecule is O=C(Nc1cc(C(F)(F)F)ccc1Cl)c1cc(N2C(=O)CCS2(=O)=O)ccc1Cl. The molecule has 0 spiro atoms. The lowest BCUT2D eigenvalue weighted by Crippen LogP contribution is -2.29. The van der Waals surface area contributed by atoms with Crippen LogP contribution in [0, 0.1) is 0 Å². The average Bonchev–Trinajstić information content (AvgIpc) is 2.89. The van der Waals surface area contributed by atoms with Gasteiger partial charge in [-0.15, -0.1) is 0 Å². The van der Waals surface area contributed by atoms with Gasteiger partial charge in [0.05, 0.1) is 38.3 Å². The van der Waals surface area contributed by atoms with Crippen LogP contribution in [0.1, 0.15) is 22.3 Å². The summed E-state index contributed by atoms with van der Waals surface area (Å²) in [5, 5.41) is 1.98. The van der Waals surface area contributed by atoms with Crippen LogP contribution >= 0.6 is 23.2 Å². The van der Waals surface area contributed by atoms with Crippen LogP contribution in [0.25, 0.3) is 0 Å². The number of nitrogens with one attached hydrogen (secondary N) is 1. The molecule has 29 heavy (non-hydrogen) atoms. The Bertz CT molecular complexity index is 1120. The van der Waals surface area contributed by atoms with Crippen molar-refractivity contribution in [3.05, 3.63) is 57.6 Å². The molecule has 0 bridgehead atoms. The number of amides is 2. The third-order valence-electron chi connectivity index (χ3n) is 4.05. The quantitative estimate of drug-likeness (QED) is 0.729. The average molecular weight is 467 g/mol. The van der Waals surface area contributed by atoms with Crippen molar-refractivity contribution in [2.75, 3.05) is 15.4 Å². The van der Waals surface area contributed by atoms with Crippen LogP contribution in [0.3, 0.4) is 0 Å². The van der Waals surface area contributed by atoms with Gasteiger partial charge in [-0.1, -0.05) is 23.2 Å². The summed E-state index contributed by atoms with van der Waals surface area (Å²) in [4.78, 5) is 24.5. The Hall–Kier alpha value is -2.30. The molecule has 0 unspecified atom stereocenters. The molecule has 12 heteroatoms. The van der Waals surface area contributed by atoms with Crippen molar-refractivity contribution in [3.63, 3.8) is 0 Å². The van der Waals surface area contributed by atoms with E-state index < -0.39 is 33.6 Å². The van der Waals surface area contributed by atoms with Gasteiger partial charge in [0, 0.05) is 6.42 Å². The minimum Gasteiger partial charge on any atom is -0.321 e. The fourth-order valence-electron chi connectivity index (χ4n) is 2.67. The van der Waals surface area contributed by atoms with Crippen molar-refractivity contribution in [2.45, 2.75) is 12.6 Å². The van der Waals surface area contributed by atoms with Gasteiger partial charge in [-0.3, -0.25) is 9.59 Å². The zero-order valence-corrected chi connectivity index (χ0v) is 16.6. The van der Waals surface area contributed by atoms with Crippen molar-refractivity contribution < 1.29 is 31.2 Å². The van der Waals surface area contributed by atoms with Gasteiger partial charge in [0.2, 0.25) is 15.9 Å². The minimum atomic E-state index is -4.65. The van der Waals surface area contributed by atoms with Gasteiger partial charge in [-0.05, 0) is 36.4 Å². The number of carbonyl (C=O) groups is 2. The summed E-state index contributed by atoms with van der Waals surface area (Å²) in [6.07, 6.45) is -4.85. The zero-order valence-electron chi connectivity index (χ0n) is 14.3. The largest absolute Gasteiger partial charge is 0.416 e. The number of hydrogen-bond acceptors (Lipinski definition) is 4. The van der Waals surface area contributed by atoms with Crippen LogP contribution in [-0.4, -0.2) is 26.0 Å². The number of halogens is 5. The Balaban J connectivity index is 1.96. The summed E-state index contributed by atoms with van der Waals surface area (Å²) in [6, 6.07) is 5.92. The Labute approximate surface area is 173 Å². The molecular weight excluding hydrogens is 456 g/mol. The van der Waals surface area contributed by atoms with Gasteiger partial charge in [-0.2, -0.15) is 13.2 Å². The molecule has 3 rings (SSSR count). The van der Waals surface area contributed by atoms with E-state index in [-0.39, 0.29) is 39.2 Å². The van der Waals surface area contributed by atoms with E-state index in [0.29, 0.717) is 10.4 Å². The van der Waals surface area contributed by atoms with E-state index in [0.717, 1.165) is 18.2 Å². The second kappa shape index (κ2) is 7.51. The molecule has 1 N–H and O–H groups in total. The first-order chi connectivity index (χ1) is 13.4. The van der Waals surface area contributed by atoms with Crippen LogP contribution in [0.15, 0.2) is 36.4 Å². The molecule has 2 aromatic rings. The zero-order chi connectivity index (χ0) is 21.6. The maximum atomic E-state index is 12.9. The van der Waals surface area contributed by atoms with E-state index in [1.165, 1.54) is 12.1 Å². The summed E-state index contributed by atoms with van der Waals surface area (Å²) in [7, 11) is -3.87. The van der Waals surface area contributed by atoms with Crippen LogP contribution in [-0.2, 0) is 21.0 Å². The predicted molar refractivity (Wildman–Crippen MR) is 102 cm³/mol. The van der Waals surface area contributed by atoms with Gasteiger partial charge < -0.3 is 5.32 Å². The Morgan fingerprint density at radius 2 is 1.72 bits per heavy atom. The molecule has 2 aromatic carbocycles. The second-order valence-electron chi connectivity index (χ2n) is 6.03. The number of sulfonamides is 1. The molecular formula is C17H11Cl2F3N2O4S. The first-order valence-corrected chi connectivity index (χ1v) is 10.3. The number of alkyl halides is 3.